The fraction of sp³-hybridized carbons (Fsp3) is 0.636. The Balaban J connectivity index is 2.54. The van der Waals surface area contributed by atoms with Gasteiger partial charge >= 0.3 is 0 Å². The van der Waals surface area contributed by atoms with E-state index in [1.54, 1.807) is 19.5 Å². The van der Waals surface area contributed by atoms with Crippen molar-refractivity contribution < 1.29 is 4.74 Å². The Bertz CT molecular complexity index is 308. The zero-order valence-corrected chi connectivity index (χ0v) is 10.2. The van der Waals surface area contributed by atoms with Gasteiger partial charge in [-0.15, -0.1) is 0 Å². The Morgan fingerprint density at radius 1 is 1.31 bits per heavy atom. The standard InChI is InChI=1S/C11H20N4O/c1-4-11(12,5-2)8-15-10-13-6-9(16-3)7-14-10/h6-7H,4-5,8,12H2,1-3H3,(H,13,14,15). The highest BCUT2D eigenvalue weighted by atomic mass is 16.5. The lowest BCUT2D eigenvalue weighted by molar-refractivity contribution is 0.409. The molecule has 0 aromatic carbocycles. The first-order valence-corrected chi connectivity index (χ1v) is 5.52. The van der Waals surface area contributed by atoms with Crippen LogP contribution in [0.25, 0.3) is 0 Å². The van der Waals surface area contributed by atoms with Crippen LogP contribution >= 0.6 is 0 Å². The largest absolute Gasteiger partial charge is 0.494 e. The van der Waals surface area contributed by atoms with Crippen LogP contribution in [0.3, 0.4) is 0 Å². The van der Waals surface area contributed by atoms with E-state index in [0.717, 1.165) is 12.8 Å². The summed E-state index contributed by atoms with van der Waals surface area (Å²) < 4.78 is 4.98. The van der Waals surface area contributed by atoms with Gasteiger partial charge in [-0.05, 0) is 12.8 Å². The molecule has 90 valence electrons. The lowest BCUT2D eigenvalue weighted by atomic mass is 9.94. The number of aromatic nitrogens is 2. The van der Waals surface area contributed by atoms with Gasteiger partial charge in [0.15, 0.2) is 5.75 Å². The fourth-order valence-corrected chi connectivity index (χ4v) is 1.27. The second-order valence-electron chi connectivity index (χ2n) is 3.87. The van der Waals surface area contributed by atoms with E-state index in [-0.39, 0.29) is 5.54 Å². The molecule has 0 atom stereocenters. The summed E-state index contributed by atoms with van der Waals surface area (Å²) in [6.45, 7) is 4.84. The van der Waals surface area contributed by atoms with Crippen molar-refractivity contribution >= 4 is 5.95 Å². The van der Waals surface area contributed by atoms with Crippen molar-refractivity contribution in [3.05, 3.63) is 12.4 Å². The molecular formula is C11H20N4O. The molecule has 1 aromatic heterocycles. The summed E-state index contributed by atoms with van der Waals surface area (Å²) in [6, 6.07) is 0. The maximum Gasteiger partial charge on any atom is 0.222 e. The number of anilines is 1. The quantitative estimate of drug-likeness (QED) is 0.764. The van der Waals surface area contributed by atoms with Crippen LogP contribution in [-0.2, 0) is 0 Å². The van der Waals surface area contributed by atoms with E-state index in [1.807, 2.05) is 0 Å². The van der Waals surface area contributed by atoms with Crippen molar-refractivity contribution in [3.8, 4) is 5.75 Å². The molecule has 0 unspecified atom stereocenters. The van der Waals surface area contributed by atoms with Crippen LogP contribution in [0.15, 0.2) is 12.4 Å². The Hall–Kier alpha value is -1.36. The Morgan fingerprint density at radius 3 is 2.31 bits per heavy atom. The maximum atomic E-state index is 6.16. The number of rotatable bonds is 6. The number of hydrogen-bond donors (Lipinski definition) is 2. The molecule has 0 aliphatic rings. The molecule has 0 spiro atoms. The smallest absolute Gasteiger partial charge is 0.222 e. The van der Waals surface area contributed by atoms with Gasteiger partial charge in [-0.2, -0.15) is 0 Å². The lowest BCUT2D eigenvalue weighted by Gasteiger charge is -2.26. The minimum absolute atomic E-state index is 0.191. The molecule has 0 saturated heterocycles. The third kappa shape index (κ3) is 3.34. The van der Waals surface area contributed by atoms with Gasteiger partial charge in [0, 0.05) is 12.1 Å². The highest BCUT2D eigenvalue weighted by Gasteiger charge is 2.19. The number of hydrogen-bond acceptors (Lipinski definition) is 5. The van der Waals surface area contributed by atoms with E-state index in [4.69, 9.17) is 10.5 Å². The molecule has 5 heteroatoms. The molecule has 1 aromatic rings. The molecule has 0 fully saturated rings. The van der Waals surface area contributed by atoms with E-state index in [9.17, 15) is 0 Å². The van der Waals surface area contributed by atoms with E-state index in [2.05, 4.69) is 29.1 Å². The first-order valence-electron chi connectivity index (χ1n) is 5.52. The van der Waals surface area contributed by atoms with Gasteiger partial charge in [-0.3, -0.25) is 0 Å². The molecule has 0 aliphatic carbocycles. The second kappa shape index (κ2) is 5.65. The summed E-state index contributed by atoms with van der Waals surface area (Å²) in [7, 11) is 1.59. The average Bonchev–Trinajstić information content (AvgIpc) is 2.36. The summed E-state index contributed by atoms with van der Waals surface area (Å²) in [5.41, 5.74) is 5.97. The van der Waals surface area contributed by atoms with Crippen LogP contribution in [0.1, 0.15) is 26.7 Å². The molecule has 0 saturated carbocycles. The Morgan fingerprint density at radius 2 is 1.88 bits per heavy atom. The van der Waals surface area contributed by atoms with Gasteiger partial charge in [-0.1, -0.05) is 13.8 Å². The fourth-order valence-electron chi connectivity index (χ4n) is 1.27. The predicted molar refractivity (Wildman–Crippen MR) is 64.6 cm³/mol. The Labute approximate surface area is 96.4 Å². The topological polar surface area (TPSA) is 73.1 Å². The Kier molecular flexibility index (Phi) is 4.49. The highest BCUT2D eigenvalue weighted by molar-refractivity contribution is 5.27. The lowest BCUT2D eigenvalue weighted by Crippen LogP contribution is -2.45. The minimum atomic E-state index is -0.191. The van der Waals surface area contributed by atoms with Crippen LogP contribution in [0, 0.1) is 0 Å². The van der Waals surface area contributed by atoms with Crippen molar-refractivity contribution in [1.29, 1.82) is 0 Å². The normalized spacial score (nSPS) is 11.2. The third-order valence-electron chi connectivity index (χ3n) is 2.87. The van der Waals surface area contributed by atoms with Crippen molar-refractivity contribution in [1.82, 2.24) is 9.97 Å². The van der Waals surface area contributed by atoms with Crippen molar-refractivity contribution in [2.45, 2.75) is 32.2 Å². The van der Waals surface area contributed by atoms with Gasteiger partial charge < -0.3 is 15.8 Å². The third-order valence-corrected chi connectivity index (χ3v) is 2.87. The molecular weight excluding hydrogens is 204 g/mol. The van der Waals surface area contributed by atoms with Crippen molar-refractivity contribution in [2.24, 2.45) is 5.73 Å². The molecule has 0 radical (unpaired) electrons. The van der Waals surface area contributed by atoms with E-state index in [0.29, 0.717) is 18.2 Å². The highest BCUT2D eigenvalue weighted by Crippen LogP contribution is 2.12. The molecule has 1 rings (SSSR count). The van der Waals surface area contributed by atoms with Crippen LogP contribution < -0.4 is 15.8 Å². The molecule has 1 heterocycles. The molecule has 3 N–H and O–H groups in total. The van der Waals surface area contributed by atoms with Gasteiger partial charge in [0.2, 0.25) is 5.95 Å². The number of nitrogens with one attached hydrogen (secondary N) is 1. The first kappa shape index (κ1) is 12.7. The number of methoxy groups -OCH3 is 1. The summed E-state index contributed by atoms with van der Waals surface area (Å²) in [5, 5.41) is 3.14. The molecule has 16 heavy (non-hydrogen) atoms. The van der Waals surface area contributed by atoms with Gasteiger partial charge in [0.05, 0.1) is 19.5 Å². The molecule has 0 bridgehead atoms. The van der Waals surface area contributed by atoms with E-state index < -0.39 is 0 Å². The van der Waals surface area contributed by atoms with Crippen molar-refractivity contribution in [3.63, 3.8) is 0 Å². The molecule has 0 amide bonds. The van der Waals surface area contributed by atoms with Crippen molar-refractivity contribution in [2.75, 3.05) is 19.0 Å². The number of ether oxygens (including phenoxy) is 1. The zero-order valence-electron chi connectivity index (χ0n) is 10.2. The summed E-state index contributed by atoms with van der Waals surface area (Å²) in [5.74, 6) is 1.23. The first-order chi connectivity index (χ1) is 7.63. The van der Waals surface area contributed by atoms with Gasteiger partial charge in [0.25, 0.3) is 0 Å². The van der Waals surface area contributed by atoms with Crippen LogP contribution in [-0.4, -0.2) is 29.2 Å². The predicted octanol–water partition coefficient (Wildman–Crippen LogP) is 1.41. The van der Waals surface area contributed by atoms with Crippen LogP contribution in [0.5, 0.6) is 5.75 Å². The van der Waals surface area contributed by atoms with E-state index >= 15 is 0 Å². The van der Waals surface area contributed by atoms with Crippen LogP contribution in [0.4, 0.5) is 5.95 Å². The second-order valence-corrected chi connectivity index (χ2v) is 3.87. The monoisotopic (exact) mass is 224 g/mol. The SMILES string of the molecule is CCC(N)(CC)CNc1ncc(OC)cn1. The average molecular weight is 224 g/mol. The minimum Gasteiger partial charge on any atom is -0.494 e. The summed E-state index contributed by atoms with van der Waals surface area (Å²) in [4.78, 5) is 8.24. The van der Waals surface area contributed by atoms with Gasteiger partial charge in [-0.25, -0.2) is 9.97 Å². The maximum absolute atomic E-state index is 6.16. The van der Waals surface area contributed by atoms with Gasteiger partial charge in [0.1, 0.15) is 0 Å². The summed E-state index contributed by atoms with van der Waals surface area (Å²) in [6.07, 6.45) is 5.11. The molecule has 0 aliphatic heterocycles. The molecule has 5 nitrogen and oxygen atoms in total. The zero-order chi connectivity index (χ0) is 12.0. The number of nitrogens with two attached hydrogens (primary N) is 1. The summed E-state index contributed by atoms with van der Waals surface area (Å²) >= 11 is 0. The number of nitrogens with zero attached hydrogens (tertiary/aromatic N) is 2. The van der Waals surface area contributed by atoms with E-state index in [1.165, 1.54) is 0 Å². The van der Waals surface area contributed by atoms with Crippen LogP contribution in [0.2, 0.25) is 0 Å².